The Morgan fingerprint density at radius 2 is 2.19 bits per heavy atom. The highest BCUT2D eigenvalue weighted by atomic mass is 35.5. The molecule has 0 radical (unpaired) electrons. The molecule has 0 amide bonds. The van der Waals surface area contributed by atoms with Gasteiger partial charge in [-0.15, -0.1) is 11.3 Å². The Kier molecular flexibility index (Phi) is 3.08. The van der Waals surface area contributed by atoms with Crippen LogP contribution in [0.4, 0.5) is 13.2 Å². The molecule has 6 heteroatoms. The fourth-order valence-corrected chi connectivity index (χ4v) is 2.57. The van der Waals surface area contributed by atoms with Crippen LogP contribution in [0.15, 0.2) is 34.3 Å². The van der Waals surface area contributed by atoms with Crippen molar-refractivity contribution in [3.05, 3.63) is 39.3 Å². The molecular formula is C10H7ClF3NS. The van der Waals surface area contributed by atoms with E-state index in [2.05, 4.69) is 4.98 Å². The van der Waals surface area contributed by atoms with Crippen LogP contribution in [0.1, 0.15) is 17.3 Å². The molecule has 1 aromatic rings. The van der Waals surface area contributed by atoms with E-state index < -0.39 is 11.7 Å². The predicted molar refractivity (Wildman–Crippen MR) is 57.5 cm³/mol. The van der Waals surface area contributed by atoms with Gasteiger partial charge in [0.2, 0.25) is 0 Å². The van der Waals surface area contributed by atoms with Gasteiger partial charge < -0.3 is 0 Å². The summed E-state index contributed by atoms with van der Waals surface area (Å²) in [7, 11) is 0. The van der Waals surface area contributed by atoms with Crippen LogP contribution in [0.25, 0.3) is 0 Å². The van der Waals surface area contributed by atoms with Gasteiger partial charge in [-0.25, -0.2) is 4.98 Å². The number of hydrogen-bond donors (Lipinski definition) is 0. The lowest BCUT2D eigenvalue weighted by molar-refractivity contribution is -0.0889. The van der Waals surface area contributed by atoms with Gasteiger partial charge in [0.05, 0.1) is 10.6 Å². The molecule has 0 spiro atoms. The van der Waals surface area contributed by atoms with Crippen molar-refractivity contribution in [2.75, 3.05) is 0 Å². The third-order valence-corrected chi connectivity index (χ3v) is 3.53. The molecule has 86 valence electrons. The number of halogens is 4. The second-order valence-corrected chi connectivity index (χ2v) is 4.74. The molecule has 1 aromatic heterocycles. The summed E-state index contributed by atoms with van der Waals surface area (Å²) in [6, 6.07) is 0. The van der Waals surface area contributed by atoms with Gasteiger partial charge in [-0.1, -0.05) is 23.8 Å². The summed E-state index contributed by atoms with van der Waals surface area (Å²) in [5.74, 6) is -0.140. The Morgan fingerprint density at radius 3 is 2.69 bits per heavy atom. The van der Waals surface area contributed by atoms with E-state index in [4.69, 9.17) is 11.6 Å². The molecule has 1 heterocycles. The van der Waals surface area contributed by atoms with Crippen LogP contribution in [-0.2, 0) is 0 Å². The molecule has 2 rings (SSSR count). The topological polar surface area (TPSA) is 12.9 Å². The lowest BCUT2D eigenvalue weighted by atomic mass is 9.97. The first-order valence-electron chi connectivity index (χ1n) is 4.52. The molecule has 1 aliphatic rings. The summed E-state index contributed by atoms with van der Waals surface area (Å²) in [4.78, 5) is 4.07. The monoisotopic (exact) mass is 265 g/mol. The third-order valence-electron chi connectivity index (χ3n) is 2.26. The van der Waals surface area contributed by atoms with Crippen LogP contribution in [0, 0.1) is 0 Å². The highest BCUT2D eigenvalue weighted by Crippen LogP contribution is 2.40. The van der Waals surface area contributed by atoms with Crippen LogP contribution in [0.3, 0.4) is 0 Å². The molecule has 0 saturated heterocycles. The van der Waals surface area contributed by atoms with Crippen molar-refractivity contribution in [1.82, 2.24) is 4.98 Å². The maximum atomic E-state index is 12.5. The van der Waals surface area contributed by atoms with E-state index in [-0.39, 0.29) is 17.4 Å². The van der Waals surface area contributed by atoms with Gasteiger partial charge in [0.15, 0.2) is 0 Å². The van der Waals surface area contributed by atoms with Crippen molar-refractivity contribution < 1.29 is 13.2 Å². The highest BCUT2D eigenvalue weighted by Gasteiger charge is 2.36. The lowest BCUT2D eigenvalue weighted by Gasteiger charge is -2.18. The number of alkyl halides is 3. The van der Waals surface area contributed by atoms with Crippen molar-refractivity contribution in [3.63, 3.8) is 0 Å². The van der Waals surface area contributed by atoms with Gasteiger partial charge in [0, 0.05) is 22.5 Å². The van der Waals surface area contributed by atoms with Gasteiger partial charge in [-0.2, -0.15) is 13.2 Å². The quantitative estimate of drug-likeness (QED) is 0.740. The summed E-state index contributed by atoms with van der Waals surface area (Å²) >= 11 is 7.08. The Balaban J connectivity index is 2.22. The van der Waals surface area contributed by atoms with Crippen LogP contribution < -0.4 is 0 Å². The fourth-order valence-electron chi connectivity index (χ4n) is 1.51. The Hall–Kier alpha value is -0.810. The van der Waals surface area contributed by atoms with E-state index in [1.165, 1.54) is 17.4 Å². The van der Waals surface area contributed by atoms with Gasteiger partial charge in [0.25, 0.3) is 0 Å². The number of thiazole rings is 1. The van der Waals surface area contributed by atoms with E-state index in [1.807, 2.05) is 0 Å². The molecule has 1 aliphatic carbocycles. The minimum Gasteiger partial charge on any atom is -0.249 e. The second-order valence-electron chi connectivity index (χ2n) is 3.36. The van der Waals surface area contributed by atoms with Crippen molar-refractivity contribution in [2.45, 2.75) is 18.5 Å². The van der Waals surface area contributed by atoms with Crippen LogP contribution in [-0.4, -0.2) is 11.2 Å². The van der Waals surface area contributed by atoms with E-state index >= 15 is 0 Å². The van der Waals surface area contributed by atoms with E-state index in [0.717, 1.165) is 11.1 Å². The van der Waals surface area contributed by atoms with Gasteiger partial charge >= 0.3 is 6.18 Å². The normalized spacial score (nSPS) is 21.6. The number of aromatic nitrogens is 1. The van der Waals surface area contributed by atoms with Crippen molar-refractivity contribution >= 4 is 22.9 Å². The maximum Gasteiger partial charge on any atom is 0.417 e. The molecule has 0 bridgehead atoms. The van der Waals surface area contributed by atoms with E-state index in [0.29, 0.717) is 0 Å². The lowest BCUT2D eigenvalue weighted by Crippen LogP contribution is -2.15. The zero-order valence-electron chi connectivity index (χ0n) is 7.96. The molecule has 1 nitrogen and oxygen atoms in total. The SMILES string of the molecule is FC(F)(F)C1=C(Cl)CC(c2nccs2)C=C1. The standard InChI is InChI=1S/C10H7ClF3NS/c11-8-5-6(9-15-3-4-16-9)1-2-7(8)10(12,13)14/h1-4,6H,5H2. The largest absolute Gasteiger partial charge is 0.417 e. The fraction of sp³-hybridized carbons (Fsp3) is 0.300. The van der Waals surface area contributed by atoms with Crippen molar-refractivity contribution in [2.24, 2.45) is 0 Å². The average Bonchev–Trinajstić information content (AvgIpc) is 2.68. The first-order chi connectivity index (χ1) is 7.48. The van der Waals surface area contributed by atoms with Gasteiger partial charge in [-0.3, -0.25) is 0 Å². The van der Waals surface area contributed by atoms with E-state index in [1.54, 1.807) is 11.6 Å². The molecule has 16 heavy (non-hydrogen) atoms. The zero-order chi connectivity index (χ0) is 11.8. The predicted octanol–water partition coefficient (Wildman–Crippen LogP) is 4.24. The molecule has 1 unspecified atom stereocenters. The zero-order valence-corrected chi connectivity index (χ0v) is 9.53. The summed E-state index contributed by atoms with van der Waals surface area (Å²) in [6.07, 6.45) is -0.0297. The molecule has 1 atom stereocenters. The second kappa shape index (κ2) is 4.22. The molecule has 0 fully saturated rings. The summed E-state index contributed by atoms with van der Waals surface area (Å²) in [5, 5.41) is 2.44. The number of allylic oxidation sites excluding steroid dienone is 4. The van der Waals surface area contributed by atoms with Crippen LogP contribution in [0.2, 0.25) is 0 Å². The first kappa shape index (κ1) is 11.7. The van der Waals surface area contributed by atoms with Crippen molar-refractivity contribution in [1.29, 1.82) is 0 Å². The molecule has 0 N–H and O–H groups in total. The maximum absolute atomic E-state index is 12.5. The van der Waals surface area contributed by atoms with Gasteiger partial charge in [-0.05, 0) is 6.42 Å². The smallest absolute Gasteiger partial charge is 0.249 e. The Labute approximate surface area is 99.3 Å². The van der Waals surface area contributed by atoms with Crippen LogP contribution in [0.5, 0.6) is 0 Å². The van der Waals surface area contributed by atoms with E-state index in [9.17, 15) is 13.2 Å². The summed E-state index contributed by atoms with van der Waals surface area (Å²) in [6.45, 7) is 0. The Morgan fingerprint density at radius 1 is 1.44 bits per heavy atom. The minimum absolute atomic E-state index is 0.140. The molecular weight excluding hydrogens is 259 g/mol. The number of hydrogen-bond acceptors (Lipinski definition) is 2. The number of nitrogens with zero attached hydrogens (tertiary/aromatic N) is 1. The Bertz CT molecular complexity index is 433. The number of rotatable bonds is 1. The third kappa shape index (κ3) is 2.30. The average molecular weight is 266 g/mol. The molecule has 0 aliphatic heterocycles. The first-order valence-corrected chi connectivity index (χ1v) is 5.77. The minimum atomic E-state index is -4.37. The van der Waals surface area contributed by atoms with Crippen LogP contribution >= 0.6 is 22.9 Å². The van der Waals surface area contributed by atoms with Crippen molar-refractivity contribution in [3.8, 4) is 0 Å². The van der Waals surface area contributed by atoms with Gasteiger partial charge in [0.1, 0.15) is 0 Å². The molecule has 0 saturated carbocycles. The summed E-state index contributed by atoms with van der Waals surface area (Å²) < 4.78 is 37.4. The molecule has 0 aromatic carbocycles. The summed E-state index contributed by atoms with van der Waals surface area (Å²) in [5.41, 5.74) is -0.748. The highest BCUT2D eigenvalue weighted by molar-refractivity contribution is 7.09.